The lowest BCUT2D eigenvalue weighted by molar-refractivity contribution is 0.529. The number of imidazole rings is 1. The summed E-state index contributed by atoms with van der Waals surface area (Å²) < 4.78 is 2.15. The van der Waals surface area contributed by atoms with Gasteiger partial charge in [0.25, 0.3) is 0 Å². The quantitative estimate of drug-likeness (QED) is 0.801. The van der Waals surface area contributed by atoms with Crippen molar-refractivity contribution in [3.8, 4) is 0 Å². The molecule has 0 bridgehead atoms. The number of para-hydroxylation sites is 2. The van der Waals surface area contributed by atoms with E-state index in [-0.39, 0.29) is 6.04 Å². The molecule has 0 fully saturated rings. The van der Waals surface area contributed by atoms with Crippen LogP contribution in [0.5, 0.6) is 0 Å². The van der Waals surface area contributed by atoms with Crippen LogP contribution in [-0.4, -0.2) is 14.5 Å². The first-order chi connectivity index (χ1) is 9.65. The van der Waals surface area contributed by atoms with E-state index in [0.29, 0.717) is 0 Å². The minimum Gasteiger partial charge on any atom is -0.330 e. The average Bonchev–Trinajstić information content (AvgIpc) is 3.01. The molecule has 1 N–H and O–H groups in total. The third-order valence-corrected chi connectivity index (χ3v) is 4.29. The van der Waals surface area contributed by atoms with Gasteiger partial charge >= 0.3 is 0 Å². The van der Waals surface area contributed by atoms with Crippen LogP contribution in [0.25, 0.3) is 11.0 Å². The molecule has 0 aliphatic rings. The molecule has 0 aliphatic heterocycles. The molecular weight excluding hydrogens is 268 g/mol. The second-order valence-electron chi connectivity index (χ2n) is 4.98. The molecule has 1 unspecified atom stereocenters. The molecule has 2 heterocycles. The number of thiazole rings is 1. The fraction of sp³-hybridized carbons (Fsp3) is 0.333. The van der Waals surface area contributed by atoms with Crippen molar-refractivity contribution >= 4 is 22.4 Å². The molecular formula is C15H18N4S. The van der Waals surface area contributed by atoms with E-state index in [1.807, 2.05) is 19.1 Å². The molecule has 0 radical (unpaired) electrons. The van der Waals surface area contributed by atoms with Crippen LogP contribution in [0.2, 0.25) is 0 Å². The van der Waals surface area contributed by atoms with E-state index >= 15 is 0 Å². The van der Waals surface area contributed by atoms with E-state index in [4.69, 9.17) is 4.98 Å². The zero-order valence-electron chi connectivity index (χ0n) is 11.9. The Morgan fingerprint density at radius 1 is 1.30 bits per heavy atom. The lowest BCUT2D eigenvalue weighted by Gasteiger charge is -2.12. The third-order valence-electron chi connectivity index (χ3n) is 3.46. The van der Waals surface area contributed by atoms with Crippen LogP contribution in [0.15, 0.2) is 29.6 Å². The van der Waals surface area contributed by atoms with E-state index in [9.17, 15) is 0 Å². The Hall–Kier alpha value is -1.72. The lowest BCUT2D eigenvalue weighted by Crippen LogP contribution is -2.21. The monoisotopic (exact) mass is 286 g/mol. The SMILES string of the molecule is Cc1nc(CNC(C)c2nc3ccccc3n2C)cs1. The normalized spacial score (nSPS) is 12.9. The summed E-state index contributed by atoms with van der Waals surface area (Å²) in [5.41, 5.74) is 3.31. The maximum atomic E-state index is 4.71. The number of aromatic nitrogens is 3. The fourth-order valence-corrected chi connectivity index (χ4v) is 3.00. The van der Waals surface area contributed by atoms with Gasteiger partial charge in [-0.3, -0.25) is 0 Å². The van der Waals surface area contributed by atoms with Crippen LogP contribution in [0, 0.1) is 6.92 Å². The van der Waals surface area contributed by atoms with Crippen molar-refractivity contribution in [2.24, 2.45) is 7.05 Å². The van der Waals surface area contributed by atoms with Gasteiger partial charge in [0.1, 0.15) is 5.82 Å². The van der Waals surface area contributed by atoms with Crippen LogP contribution in [0.1, 0.15) is 29.5 Å². The minimum atomic E-state index is 0.189. The topological polar surface area (TPSA) is 42.7 Å². The van der Waals surface area contributed by atoms with E-state index < -0.39 is 0 Å². The Bertz CT molecular complexity index is 728. The molecule has 0 saturated carbocycles. The highest BCUT2D eigenvalue weighted by molar-refractivity contribution is 7.09. The second kappa shape index (κ2) is 5.34. The standard InChI is InChI=1S/C15H18N4S/c1-10(16-8-12-9-20-11(2)17-12)15-18-13-6-4-5-7-14(13)19(15)3/h4-7,9-10,16H,8H2,1-3H3. The largest absolute Gasteiger partial charge is 0.330 e. The molecule has 104 valence electrons. The zero-order chi connectivity index (χ0) is 14.1. The van der Waals surface area contributed by atoms with Crippen molar-refractivity contribution in [3.63, 3.8) is 0 Å². The summed E-state index contributed by atoms with van der Waals surface area (Å²) in [6.07, 6.45) is 0. The van der Waals surface area contributed by atoms with Gasteiger partial charge in [0.15, 0.2) is 0 Å². The smallest absolute Gasteiger partial charge is 0.126 e. The predicted molar refractivity (Wildman–Crippen MR) is 82.8 cm³/mol. The van der Waals surface area contributed by atoms with Gasteiger partial charge in [0, 0.05) is 19.0 Å². The highest BCUT2D eigenvalue weighted by atomic mass is 32.1. The molecule has 3 rings (SSSR count). The Morgan fingerprint density at radius 2 is 2.10 bits per heavy atom. The first kappa shape index (κ1) is 13.3. The van der Waals surface area contributed by atoms with Gasteiger partial charge in [-0.05, 0) is 26.0 Å². The highest BCUT2D eigenvalue weighted by Crippen LogP contribution is 2.19. The third kappa shape index (κ3) is 2.46. The summed E-state index contributed by atoms with van der Waals surface area (Å²) in [6.45, 7) is 4.94. The average molecular weight is 286 g/mol. The Balaban J connectivity index is 1.78. The summed E-state index contributed by atoms with van der Waals surface area (Å²) in [6, 6.07) is 8.41. The van der Waals surface area contributed by atoms with E-state index in [0.717, 1.165) is 28.6 Å². The first-order valence-electron chi connectivity index (χ1n) is 6.71. The van der Waals surface area contributed by atoms with Gasteiger partial charge in [0.05, 0.1) is 27.8 Å². The molecule has 0 saturated heterocycles. The number of fused-ring (bicyclic) bond motifs is 1. The van der Waals surface area contributed by atoms with Gasteiger partial charge in [-0.1, -0.05) is 12.1 Å². The summed E-state index contributed by atoms with van der Waals surface area (Å²) >= 11 is 1.69. The van der Waals surface area contributed by atoms with Crippen LogP contribution in [0.3, 0.4) is 0 Å². The number of nitrogens with one attached hydrogen (secondary N) is 1. The van der Waals surface area contributed by atoms with E-state index in [2.05, 4.69) is 46.4 Å². The van der Waals surface area contributed by atoms with Crippen molar-refractivity contribution < 1.29 is 0 Å². The summed E-state index contributed by atoms with van der Waals surface area (Å²) in [5.74, 6) is 1.05. The van der Waals surface area contributed by atoms with Crippen LogP contribution >= 0.6 is 11.3 Å². The van der Waals surface area contributed by atoms with Gasteiger partial charge in [-0.25, -0.2) is 9.97 Å². The molecule has 0 spiro atoms. The Morgan fingerprint density at radius 3 is 2.80 bits per heavy atom. The van der Waals surface area contributed by atoms with Gasteiger partial charge in [0.2, 0.25) is 0 Å². The van der Waals surface area contributed by atoms with Gasteiger partial charge in [-0.15, -0.1) is 11.3 Å². The number of nitrogens with zero attached hydrogens (tertiary/aromatic N) is 3. The van der Waals surface area contributed by atoms with E-state index in [1.165, 1.54) is 5.52 Å². The fourth-order valence-electron chi connectivity index (χ4n) is 2.39. The second-order valence-corrected chi connectivity index (χ2v) is 6.04. The number of rotatable bonds is 4. The maximum absolute atomic E-state index is 4.71. The van der Waals surface area contributed by atoms with Crippen LogP contribution < -0.4 is 5.32 Å². The molecule has 1 aromatic carbocycles. The Labute approximate surface area is 122 Å². The summed E-state index contributed by atoms with van der Waals surface area (Å²) in [4.78, 5) is 9.18. The van der Waals surface area contributed by atoms with Crippen LogP contribution in [-0.2, 0) is 13.6 Å². The van der Waals surface area contributed by atoms with Crippen LogP contribution in [0.4, 0.5) is 0 Å². The highest BCUT2D eigenvalue weighted by Gasteiger charge is 2.14. The molecule has 2 aromatic heterocycles. The molecule has 3 aromatic rings. The molecule has 4 nitrogen and oxygen atoms in total. The van der Waals surface area contributed by atoms with Gasteiger partial charge < -0.3 is 9.88 Å². The lowest BCUT2D eigenvalue weighted by atomic mass is 10.3. The maximum Gasteiger partial charge on any atom is 0.126 e. The zero-order valence-corrected chi connectivity index (χ0v) is 12.7. The molecule has 5 heteroatoms. The Kier molecular flexibility index (Phi) is 3.54. The number of hydrogen-bond acceptors (Lipinski definition) is 4. The van der Waals surface area contributed by atoms with Crippen molar-refractivity contribution in [2.75, 3.05) is 0 Å². The van der Waals surface area contributed by atoms with Gasteiger partial charge in [-0.2, -0.15) is 0 Å². The number of aryl methyl sites for hydroxylation is 2. The predicted octanol–water partition coefficient (Wildman–Crippen LogP) is 3.19. The molecule has 20 heavy (non-hydrogen) atoms. The van der Waals surface area contributed by atoms with Crippen molar-refractivity contribution in [3.05, 3.63) is 46.2 Å². The molecule has 0 aliphatic carbocycles. The van der Waals surface area contributed by atoms with E-state index in [1.54, 1.807) is 11.3 Å². The van der Waals surface area contributed by atoms with Crippen molar-refractivity contribution in [1.29, 1.82) is 0 Å². The number of benzene rings is 1. The minimum absolute atomic E-state index is 0.189. The van der Waals surface area contributed by atoms with Crippen molar-refractivity contribution in [1.82, 2.24) is 19.9 Å². The molecule has 1 atom stereocenters. The number of hydrogen-bond donors (Lipinski definition) is 1. The summed E-state index contributed by atoms with van der Waals surface area (Å²) in [5, 5.41) is 6.70. The molecule has 0 amide bonds. The first-order valence-corrected chi connectivity index (χ1v) is 7.59. The summed E-state index contributed by atoms with van der Waals surface area (Å²) in [7, 11) is 2.07. The van der Waals surface area contributed by atoms with Crippen molar-refractivity contribution in [2.45, 2.75) is 26.4 Å².